The summed E-state index contributed by atoms with van der Waals surface area (Å²) in [5.41, 5.74) is 2.03. The van der Waals surface area contributed by atoms with Gasteiger partial charge >= 0.3 is 0 Å². The molecule has 0 spiro atoms. The van der Waals surface area contributed by atoms with Gasteiger partial charge in [0.2, 0.25) is 0 Å². The lowest BCUT2D eigenvalue weighted by atomic mass is 10.2. The van der Waals surface area contributed by atoms with Gasteiger partial charge < -0.3 is 4.74 Å². The van der Waals surface area contributed by atoms with Crippen LogP contribution in [0, 0.1) is 0 Å². The lowest BCUT2D eigenvalue weighted by Gasteiger charge is -2.12. The molecule has 1 aromatic rings. The SMILES string of the molecule is SC1=COCc2cccnc21. The minimum Gasteiger partial charge on any atom is -0.495 e. The molecular weight excluding hydrogens is 158 g/mol. The van der Waals surface area contributed by atoms with Crippen LogP contribution in [0.2, 0.25) is 0 Å². The van der Waals surface area contributed by atoms with E-state index in [1.165, 1.54) is 0 Å². The van der Waals surface area contributed by atoms with Gasteiger partial charge in [-0.05, 0) is 6.07 Å². The van der Waals surface area contributed by atoms with Crippen molar-refractivity contribution in [1.29, 1.82) is 0 Å². The molecule has 0 atom stereocenters. The van der Waals surface area contributed by atoms with Crippen LogP contribution in [0.25, 0.3) is 4.91 Å². The monoisotopic (exact) mass is 165 g/mol. The van der Waals surface area contributed by atoms with E-state index in [1.807, 2.05) is 12.1 Å². The maximum Gasteiger partial charge on any atom is 0.115 e. The Hall–Kier alpha value is -0.960. The third-order valence-electron chi connectivity index (χ3n) is 1.57. The lowest BCUT2D eigenvalue weighted by molar-refractivity contribution is 0.233. The van der Waals surface area contributed by atoms with E-state index in [-0.39, 0.29) is 0 Å². The summed E-state index contributed by atoms with van der Waals surface area (Å²) in [5.74, 6) is 0. The first kappa shape index (κ1) is 6.73. The fourth-order valence-corrected chi connectivity index (χ4v) is 1.33. The van der Waals surface area contributed by atoms with E-state index >= 15 is 0 Å². The highest BCUT2D eigenvalue weighted by atomic mass is 32.1. The molecule has 11 heavy (non-hydrogen) atoms. The average Bonchev–Trinajstić information content (AvgIpc) is 2.06. The lowest BCUT2D eigenvalue weighted by Crippen LogP contribution is -2.00. The van der Waals surface area contributed by atoms with Gasteiger partial charge in [-0.15, -0.1) is 12.6 Å². The van der Waals surface area contributed by atoms with Crippen LogP contribution in [-0.2, 0) is 11.3 Å². The molecule has 0 aromatic carbocycles. The van der Waals surface area contributed by atoms with Crippen LogP contribution in [0.1, 0.15) is 11.3 Å². The highest BCUT2D eigenvalue weighted by Gasteiger charge is 2.10. The summed E-state index contributed by atoms with van der Waals surface area (Å²) >= 11 is 4.21. The number of aromatic nitrogens is 1. The smallest absolute Gasteiger partial charge is 0.115 e. The average molecular weight is 165 g/mol. The summed E-state index contributed by atoms with van der Waals surface area (Å²) in [6, 6.07) is 3.89. The molecule has 2 rings (SSSR count). The van der Waals surface area contributed by atoms with Gasteiger partial charge in [-0.2, -0.15) is 0 Å². The number of hydrogen-bond donors (Lipinski definition) is 1. The maximum absolute atomic E-state index is 5.13. The van der Waals surface area contributed by atoms with Crippen molar-refractivity contribution in [3.8, 4) is 0 Å². The zero-order valence-corrected chi connectivity index (χ0v) is 6.71. The van der Waals surface area contributed by atoms with Crippen LogP contribution in [0.4, 0.5) is 0 Å². The highest BCUT2D eigenvalue weighted by Crippen LogP contribution is 2.24. The fraction of sp³-hybridized carbons (Fsp3) is 0.125. The van der Waals surface area contributed by atoms with E-state index in [0.717, 1.165) is 16.2 Å². The molecule has 1 aliphatic heterocycles. The number of pyridine rings is 1. The molecule has 0 radical (unpaired) electrons. The molecule has 0 saturated heterocycles. The van der Waals surface area contributed by atoms with Gasteiger partial charge in [0.05, 0.1) is 16.9 Å². The summed E-state index contributed by atoms with van der Waals surface area (Å²) < 4.78 is 5.13. The van der Waals surface area contributed by atoms with Crippen LogP contribution in [0.15, 0.2) is 24.6 Å². The van der Waals surface area contributed by atoms with Gasteiger partial charge in [-0.1, -0.05) is 6.07 Å². The van der Waals surface area contributed by atoms with Crippen molar-refractivity contribution in [2.24, 2.45) is 0 Å². The first-order valence-corrected chi connectivity index (χ1v) is 3.77. The van der Waals surface area contributed by atoms with Gasteiger partial charge in [-0.25, -0.2) is 0 Å². The number of thiol groups is 1. The standard InChI is InChI=1S/C8H7NOS/c11-7-5-10-4-6-2-1-3-9-8(6)7/h1-3,5,11H,4H2. The Balaban J connectivity index is 2.56. The second-order valence-electron chi connectivity index (χ2n) is 2.33. The fourth-order valence-electron chi connectivity index (χ4n) is 1.05. The topological polar surface area (TPSA) is 22.1 Å². The van der Waals surface area contributed by atoms with Crippen molar-refractivity contribution in [3.63, 3.8) is 0 Å². The van der Waals surface area contributed by atoms with Crippen molar-refractivity contribution in [2.75, 3.05) is 0 Å². The molecule has 1 aliphatic rings. The zero-order chi connectivity index (χ0) is 7.68. The van der Waals surface area contributed by atoms with E-state index in [9.17, 15) is 0 Å². The van der Waals surface area contributed by atoms with Gasteiger partial charge in [0.25, 0.3) is 0 Å². The Kier molecular flexibility index (Phi) is 1.58. The normalized spacial score (nSPS) is 14.8. The Morgan fingerprint density at radius 3 is 3.27 bits per heavy atom. The summed E-state index contributed by atoms with van der Waals surface area (Å²) in [7, 11) is 0. The quantitative estimate of drug-likeness (QED) is 0.592. The summed E-state index contributed by atoms with van der Waals surface area (Å²) in [4.78, 5) is 4.97. The van der Waals surface area contributed by atoms with E-state index in [4.69, 9.17) is 4.74 Å². The van der Waals surface area contributed by atoms with Crippen molar-refractivity contribution in [3.05, 3.63) is 35.8 Å². The van der Waals surface area contributed by atoms with Crippen LogP contribution in [-0.4, -0.2) is 4.98 Å². The van der Waals surface area contributed by atoms with Crippen LogP contribution >= 0.6 is 12.6 Å². The van der Waals surface area contributed by atoms with Gasteiger partial charge in [0, 0.05) is 11.8 Å². The predicted octanol–water partition coefficient (Wildman–Crippen LogP) is 1.84. The largest absolute Gasteiger partial charge is 0.495 e. The number of nitrogens with zero attached hydrogens (tertiary/aromatic N) is 1. The van der Waals surface area contributed by atoms with Crippen molar-refractivity contribution < 1.29 is 4.74 Å². The molecule has 0 unspecified atom stereocenters. The van der Waals surface area contributed by atoms with E-state index in [2.05, 4.69) is 17.6 Å². The molecule has 0 saturated carbocycles. The molecule has 0 N–H and O–H groups in total. The molecule has 0 amide bonds. The molecule has 2 heterocycles. The Morgan fingerprint density at radius 2 is 2.45 bits per heavy atom. The molecule has 56 valence electrons. The minimum absolute atomic E-state index is 0.604. The van der Waals surface area contributed by atoms with Crippen molar-refractivity contribution in [2.45, 2.75) is 6.61 Å². The van der Waals surface area contributed by atoms with Gasteiger partial charge in [0.15, 0.2) is 0 Å². The summed E-state index contributed by atoms with van der Waals surface area (Å²) in [5, 5.41) is 0. The van der Waals surface area contributed by atoms with Crippen LogP contribution in [0.3, 0.4) is 0 Å². The van der Waals surface area contributed by atoms with E-state index in [0.29, 0.717) is 6.61 Å². The number of fused-ring (bicyclic) bond motifs is 1. The molecular formula is C8H7NOS. The third kappa shape index (κ3) is 1.12. The van der Waals surface area contributed by atoms with Gasteiger partial charge in [0.1, 0.15) is 6.61 Å². The Bertz CT molecular complexity index is 309. The third-order valence-corrected chi connectivity index (χ3v) is 1.88. The number of ether oxygens (including phenoxy) is 1. The Labute approximate surface area is 70.3 Å². The molecule has 0 aliphatic carbocycles. The first-order valence-electron chi connectivity index (χ1n) is 3.33. The molecule has 0 bridgehead atoms. The van der Waals surface area contributed by atoms with Gasteiger partial charge in [-0.3, -0.25) is 4.98 Å². The predicted molar refractivity (Wildman–Crippen MR) is 46.0 cm³/mol. The van der Waals surface area contributed by atoms with Crippen LogP contribution in [0.5, 0.6) is 0 Å². The van der Waals surface area contributed by atoms with E-state index < -0.39 is 0 Å². The number of rotatable bonds is 0. The summed E-state index contributed by atoms with van der Waals surface area (Å²) in [6.07, 6.45) is 3.38. The second-order valence-corrected chi connectivity index (χ2v) is 2.81. The molecule has 3 heteroatoms. The van der Waals surface area contributed by atoms with Crippen molar-refractivity contribution in [1.82, 2.24) is 4.98 Å². The molecule has 0 fully saturated rings. The van der Waals surface area contributed by atoms with Crippen LogP contribution < -0.4 is 0 Å². The highest BCUT2D eigenvalue weighted by molar-refractivity contribution is 7.90. The molecule has 1 aromatic heterocycles. The maximum atomic E-state index is 5.13. The van der Waals surface area contributed by atoms with E-state index in [1.54, 1.807) is 12.5 Å². The zero-order valence-electron chi connectivity index (χ0n) is 5.82. The first-order chi connectivity index (χ1) is 5.38. The molecule has 2 nitrogen and oxygen atoms in total. The Morgan fingerprint density at radius 1 is 1.55 bits per heavy atom. The van der Waals surface area contributed by atoms with Crippen molar-refractivity contribution >= 4 is 17.5 Å². The summed E-state index contributed by atoms with van der Waals surface area (Å²) in [6.45, 7) is 0.604. The second kappa shape index (κ2) is 2.58. The number of hydrogen-bond acceptors (Lipinski definition) is 3. The minimum atomic E-state index is 0.604.